The summed E-state index contributed by atoms with van der Waals surface area (Å²) in [6.07, 6.45) is 1.43. The van der Waals surface area contributed by atoms with Crippen molar-refractivity contribution in [3.63, 3.8) is 0 Å². The van der Waals surface area contributed by atoms with Crippen LogP contribution in [0.4, 0.5) is 0 Å². The molecule has 1 aromatic carbocycles. The fraction of sp³-hybridized carbons (Fsp3) is 0.562. The summed E-state index contributed by atoms with van der Waals surface area (Å²) in [6.45, 7) is 2.77. The Balaban J connectivity index is 2.69. The molecule has 0 fully saturated rings. The van der Waals surface area contributed by atoms with Crippen LogP contribution in [0.5, 0.6) is 11.5 Å². The molecule has 0 radical (unpaired) electrons. The van der Waals surface area contributed by atoms with E-state index in [0.29, 0.717) is 13.0 Å². The highest BCUT2D eigenvalue weighted by molar-refractivity contribution is 5.75. The molecule has 1 unspecified atom stereocenters. The Morgan fingerprint density at radius 3 is 2.43 bits per heavy atom. The summed E-state index contributed by atoms with van der Waals surface area (Å²) < 4.78 is 10.6. The van der Waals surface area contributed by atoms with Crippen LogP contribution in [0.25, 0.3) is 0 Å². The van der Waals surface area contributed by atoms with E-state index in [4.69, 9.17) is 9.47 Å². The lowest BCUT2D eigenvalue weighted by Crippen LogP contribution is -2.28. The molecular weight excluding hydrogens is 268 g/mol. The number of benzene rings is 1. The number of methoxy groups -OCH3 is 2. The molecule has 0 aliphatic heterocycles. The SMILES string of the molecule is CCC(NCCC(=O)N(C)C)c1ccc(OC)c(OC)c1. The lowest BCUT2D eigenvalue weighted by Gasteiger charge is -2.19. The van der Waals surface area contributed by atoms with Crippen LogP contribution in [-0.4, -0.2) is 45.7 Å². The van der Waals surface area contributed by atoms with Gasteiger partial charge in [0.05, 0.1) is 14.2 Å². The first-order valence-corrected chi connectivity index (χ1v) is 7.18. The summed E-state index contributed by atoms with van der Waals surface area (Å²) in [5.41, 5.74) is 1.13. The minimum atomic E-state index is 0.129. The molecule has 1 rings (SSSR count). The number of carbonyl (C=O) groups excluding carboxylic acids is 1. The standard InChI is InChI=1S/C16H26N2O3/c1-6-13(17-10-9-16(19)18(2)3)12-7-8-14(20-4)15(11-12)21-5/h7-8,11,13,17H,6,9-10H2,1-5H3. The fourth-order valence-corrected chi connectivity index (χ4v) is 2.14. The Morgan fingerprint density at radius 2 is 1.90 bits per heavy atom. The summed E-state index contributed by atoms with van der Waals surface area (Å²) in [5.74, 6) is 1.57. The van der Waals surface area contributed by atoms with Gasteiger partial charge in [-0.3, -0.25) is 4.79 Å². The van der Waals surface area contributed by atoms with Crippen molar-refractivity contribution in [1.29, 1.82) is 0 Å². The molecule has 0 spiro atoms. The number of hydrogen-bond donors (Lipinski definition) is 1. The molecule has 0 saturated heterocycles. The van der Waals surface area contributed by atoms with Gasteiger partial charge in [-0.15, -0.1) is 0 Å². The molecule has 5 heteroatoms. The van der Waals surface area contributed by atoms with E-state index < -0.39 is 0 Å². The van der Waals surface area contributed by atoms with Gasteiger partial charge in [-0.2, -0.15) is 0 Å². The van der Waals surface area contributed by atoms with Crippen molar-refractivity contribution in [2.75, 3.05) is 34.9 Å². The van der Waals surface area contributed by atoms with E-state index in [2.05, 4.69) is 12.2 Å². The predicted octanol–water partition coefficient (Wildman–Crippen LogP) is 2.22. The van der Waals surface area contributed by atoms with E-state index in [9.17, 15) is 4.79 Å². The summed E-state index contributed by atoms with van der Waals surface area (Å²) in [4.78, 5) is 13.2. The van der Waals surface area contributed by atoms with Crippen molar-refractivity contribution in [3.8, 4) is 11.5 Å². The number of ether oxygens (including phenoxy) is 2. The third kappa shape index (κ3) is 4.93. The molecule has 118 valence electrons. The van der Waals surface area contributed by atoms with Gasteiger partial charge in [0.25, 0.3) is 0 Å². The van der Waals surface area contributed by atoms with Gasteiger partial charge in [0.15, 0.2) is 11.5 Å². The number of rotatable bonds is 8. The molecule has 1 aromatic rings. The molecule has 5 nitrogen and oxygen atoms in total. The molecular formula is C16H26N2O3. The molecule has 1 amide bonds. The Bertz CT molecular complexity index is 461. The average Bonchev–Trinajstić information content (AvgIpc) is 2.50. The molecule has 1 atom stereocenters. The van der Waals surface area contributed by atoms with Crippen LogP contribution >= 0.6 is 0 Å². The van der Waals surface area contributed by atoms with E-state index >= 15 is 0 Å². The molecule has 1 N–H and O–H groups in total. The quantitative estimate of drug-likeness (QED) is 0.799. The second-order valence-electron chi connectivity index (χ2n) is 5.07. The van der Waals surface area contributed by atoms with Crippen LogP contribution in [0.3, 0.4) is 0 Å². The number of nitrogens with one attached hydrogen (secondary N) is 1. The monoisotopic (exact) mass is 294 g/mol. The Labute approximate surface area is 127 Å². The van der Waals surface area contributed by atoms with E-state index in [0.717, 1.165) is 23.5 Å². The van der Waals surface area contributed by atoms with Gasteiger partial charge in [-0.1, -0.05) is 13.0 Å². The fourth-order valence-electron chi connectivity index (χ4n) is 2.14. The molecule has 0 aliphatic rings. The Hall–Kier alpha value is -1.75. The summed E-state index contributed by atoms with van der Waals surface area (Å²) in [7, 11) is 6.80. The largest absolute Gasteiger partial charge is 0.493 e. The van der Waals surface area contributed by atoms with Gasteiger partial charge in [0, 0.05) is 33.1 Å². The first-order valence-electron chi connectivity index (χ1n) is 7.18. The second kappa shape index (κ2) is 8.52. The molecule has 0 heterocycles. The van der Waals surface area contributed by atoms with Crippen molar-refractivity contribution in [2.45, 2.75) is 25.8 Å². The smallest absolute Gasteiger partial charge is 0.223 e. The molecule has 0 aromatic heterocycles. The minimum Gasteiger partial charge on any atom is -0.493 e. The lowest BCUT2D eigenvalue weighted by molar-refractivity contribution is -0.128. The maximum absolute atomic E-state index is 11.6. The highest BCUT2D eigenvalue weighted by Gasteiger charge is 2.13. The zero-order valence-corrected chi connectivity index (χ0v) is 13.6. The van der Waals surface area contributed by atoms with Crippen LogP contribution in [0.2, 0.25) is 0 Å². The molecule has 0 saturated carbocycles. The number of amides is 1. The number of hydrogen-bond acceptors (Lipinski definition) is 4. The maximum atomic E-state index is 11.6. The van der Waals surface area contributed by atoms with Gasteiger partial charge in [-0.25, -0.2) is 0 Å². The molecule has 0 bridgehead atoms. The van der Waals surface area contributed by atoms with E-state index in [-0.39, 0.29) is 11.9 Å². The van der Waals surface area contributed by atoms with Gasteiger partial charge in [-0.05, 0) is 24.1 Å². The maximum Gasteiger partial charge on any atom is 0.223 e. The van der Waals surface area contributed by atoms with Gasteiger partial charge >= 0.3 is 0 Å². The van der Waals surface area contributed by atoms with E-state index in [1.54, 1.807) is 33.2 Å². The number of nitrogens with zero attached hydrogens (tertiary/aromatic N) is 1. The summed E-state index contributed by atoms with van der Waals surface area (Å²) >= 11 is 0. The van der Waals surface area contributed by atoms with Crippen LogP contribution in [0.1, 0.15) is 31.4 Å². The van der Waals surface area contributed by atoms with Crippen molar-refractivity contribution in [3.05, 3.63) is 23.8 Å². The van der Waals surface area contributed by atoms with Crippen LogP contribution in [-0.2, 0) is 4.79 Å². The lowest BCUT2D eigenvalue weighted by atomic mass is 10.0. The first kappa shape index (κ1) is 17.3. The van der Waals surface area contributed by atoms with Gasteiger partial charge < -0.3 is 19.7 Å². The third-order valence-corrected chi connectivity index (χ3v) is 3.45. The van der Waals surface area contributed by atoms with Crippen molar-refractivity contribution >= 4 is 5.91 Å². The zero-order chi connectivity index (χ0) is 15.8. The molecule has 21 heavy (non-hydrogen) atoms. The zero-order valence-electron chi connectivity index (χ0n) is 13.6. The first-order chi connectivity index (χ1) is 10.0. The Morgan fingerprint density at radius 1 is 1.24 bits per heavy atom. The highest BCUT2D eigenvalue weighted by Crippen LogP contribution is 2.30. The van der Waals surface area contributed by atoms with Crippen LogP contribution in [0.15, 0.2) is 18.2 Å². The van der Waals surface area contributed by atoms with Crippen LogP contribution < -0.4 is 14.8 Å². The second-order valence-corrected chi connectivity index (χ2v) is 5.07. The average molecular weight is 294 g/mol. The van der Waals surface area contributed by atoms with E-state index in [1.165, 1.54) is 0 Å². The topological polar surface area (TPSA) is 50.8 Å². The van der Waals surface area contributed by atoms with Gasteiger partial charge in [0.2, 0.25) is 5.91 Å². The Kier molecular flexibility index (Phi) is 7.02. The van der Waals surface area contributed by atoms with Crippen molar-refractivity contribution in [2.24, 2.45) is 0 Å². The highest BCUT2D eigenvalue weighted by atomic mass is 16.5. The van der Waals surface area contributed by atoms with Crippen molar-refractivity contribution < 1.29 is 14.3 Å². The van der Waals surface area contributed by atoms with Crippen molar-refractivity contribution in [1.82, 2.24) is 10.2 Å². The number of carbonyl (C=O) groups is 1. The normalized spacial score (nSPS) is 11.9. The summed E-state index contributed by atoms with van der Waals surface area (Å²) in [5, 5.41) is 3.42. The predicted molar refractivity (Wildman–Crippen MR) is 83.9 cm³/mol. The third-order valence-electron chi connectivity index (χ3n) is 3.45. The van der Waals surface area contributed by atoms with E-state index in [1.807, 2.05) is 18.2 Å². The van der Waals surface area contributed by atoms with Gasteiger partial charge in [0.1, 0.15) is 0 Å². The molecule has 0 aliphatic carbocycles. The van der Waals surface area contributed by atoms with Crippen LogP contribution in [0, 0.1) is 0 Å². The summed E-state index contributed by atoms with van der Waals surface area (Å²) in [6, 6.07) is 6.10. The minimum absolute atomic E-state index is 0.129.